The van der Waals surface area contributed by atoms with E-state index in [1.54, 1.807) is 6.07 Å². The number of likely N-dealkylation sites (N-methyl/N-ethyl adjacent to an activating group) is 1. The lowest BCUT2D eigenvalue weighted by Gasteiger charge is -2.20. The predicted octanol–water partition coefficient (Wildman–Crippen LogP) is 3.12. The summed E-state index contributed by atoms with van der Waals surface area (Å²) in [6, 6.07) is 5.69. The minimum Gasteiger partial charge on any atom is -0.356 e. The van der Waals surface area contributed by atoms with Crippen molar-refractivity contribution in [1.29, 1.82) is 0 Å². The van der Waals surface area contributed by atoms with Gasteiger partial charge in [-0.05, 0) is 70.1 Å². The molecule has 1 saturated heterocycles. The van der Waals surface area contributed by atoms with E-state index in [4.69, 9.17) is 23.2 Å². The molecule has 0 aliphatic carbocycles. The number of guanidine groups is 1. The van der Waals surface area contributed by atoms with Crippen molar-refractivity contribution >= 4 is 29.2 Å². The highest BCUT2D eigenvalue weighted by molar-refractivity contribution is 6.35. The third-order valence-electron chi connectivity index (χ3n) is 4.91. The smallest absolute Gasteiger partial charge is 0.190 e. The molecule has 1 aromatic carbocycles. The average Bonchev–Trinajstić information content (AvgIpc) is 2.86. The van der Waals surface area contributed by atoms with Gasteiger partial charge in [0.1, 0.15) is 0 Å². The van der Waals surface area contributed by atoms with Crippen molar-refractivity contribution < 1.29 is 0 Å². The van der Waals surface area contributed by atoms with Crippen molar-refractivity contribution in [2.24, 2.45) is 4.99 Å². The van der Waals surface area contributed by atoms with Crippen molar-refractivity contribution in [2.75, 3.05) is 59.9 Å². The number of rotatable bonds is 8. The fourth-order valence-electron chi connectivity index (χ4n) is 3.26. The first-order valence-corrected chi connectivity index (χ1v) is 10.6. The molecular weight excluding hydrogens is 381 g/mol. The Hall–Kier alpha value is -1.01. The molecule has 27 heavy (non-hydrogen) atoms. The third-order valence-corrected chi connectivity index (χ3v) is 5.50. The molecule has 0 aromatic heterocycles. The number of nitrogens with zero attached hydrogens (tertiary/aromatic N) is 3. The lowest BCUT2D eigenvalue weighted by Crippen LogP contribution is -2.39. The van der Waals surface area contributed by atoms with E-state index < -0.39 is 0 Å². The third kappa shape index (κ3) is 8.69. The molecule has 1 aromatic rings. The number of hydrogen-bond acceptors (Lipinski definition) is 3. The van der Waals surface area contributed by atoms with Gasteiger partial charge in [0.05, 0.1) is 0 Å². The van der Waals surface area contributed by atoms with Crippen LogP contribution in [0.2, 0.25) is 10.0 Å². The summed E-state index contributed by atoms with van der Waals surface area (Å²) in [5, 5.41) is 8.20. The van der Waals surface area contributed by atoms with Gasteiger partial charge in [-0.25, -0.2) is 0 Å². The summed E-state index contributed by atoms with van der Waals surface area (Å²) < 4.78 is 0. The number of halogens is 2. The molecule has 0 saturated carbocycles. The van der Waals surface area contributed by atoms with Crippen LogP contribution in [0.5, 0.6) is 0 Å². The van der Waals surface area contributed by atoms with E-state index in [0.29, 0.717) is 5.02 Å². The van der Waals surface area contributed by atoms with Crippen LogP contribution >= 0.6 is 23.2 Å². The number of aliphatic imine (C=N–C) groups is 1. The predicted molar refractivity (Wildman–Crippen MR) is 117 cm³/mol. The fraction of sp³-hybridized carbons (Fsp3) is 0.650. The number of nitrogens with one attached hydrogen (secondary N) is 2. The SMILES string of the molecule is CN=C(NCCCc1ccc(Cl)cc1Cl)NCCCN1CCCN(C)CC1. The summed E-state index contributed by atoms with van der Waals surface area (Å²) in [6.07, 6.45) is 4.31. The Bertz CT molecular complexity index is 594. The number of benzene rings is 1. The standard InChI is InChI=1S/C20H33Cl2N5/c1-23-20(24-9-3-6-17-7-8-18(21)16-19(17)22)25-10-4-12-27-13-5-11-26(2)14-15-27/h7-8,16H,3-6,9-15H2,1-2H3,(H2,23,24,25). The van der Waals surface area contributed by atoms with Gasteiger partial charge >= 0.3 is 0 Å². The summed E-state index contributed by atoms with van der Waals surface area (Å²) in [5.74, 6) is 0.868. The largest absolute Gasteiger partial charge is 0.356 e. The van der Waals surface area contributed by atoms with Crippen molar-refractivity contribution in [1.82, 2.24) is 20.4 Å². The van der Waals surface area contributed by atoms with Gasteiger partial charge in [0.2, 0.25) is 0 Å². The van der Waals surface area contributed by atoms with Gasteiger partial charge in [-0.15, -0.1) is 0 Å². The Morgan fingerprint density at radius 3 is 2.59 bits per heavy atom. The van der Waals surface area contributed by atoms with Crippen molar-refractivity contribution in [3.63, 3.8) is 0 Å². The highest BCUT2D eigenvalue weighted by Crippen LogP contribution is 2.21. The van der Waals surface area contributed by atoms with Gasteiger partial charge in [0.15, 0.2) is 5.96 Å². The van der Waals surface area contributed by atoms with Crippen LogP contribution in [-0.4, -0.2) is 75.7 Å². The molecule has 1 aliphatic rings. The maximum atomic E-state index is 6.22. The topological polar surface area (TPSA) is 42.9 Å². The van der Waals surface area contributed by atoms with Gasteiger partial charge < -0.3 is 20.4 Å². The quantitative estimate of drug-likeness (QED) is 0.390. The van der Waals surface area contributed by atoms with Crippen molar-refractivity contribution in [3.05, 3.63) is 33.8 Å². The molecule has 5 nitrogen and oxygen atoms in total. The second-order valence-electron chi connectivity index (χ2n) is 7.12. The molecule has 1 heterocycles. The van der Waals surface area contributed by atoms with Gasteiger partial charge in [-0.2, -0.15) is 0 Å². The monoisotopic (exact) mass is 413 g/mol. The van der Waals surface area contributed by atoms with Crippen molar-refractivity contribution in [2.45, 2.75) is 25.7 Å². The Balaban J connectivity index is 1.57. The van der Waals surface area contributed by atoms with E-state index in [9.17, 15) is 0 Å². The Kier molecular flexibility index (Phi) is 10.3. The second-order valence-corrected chi connectivity index (χ2v) is 7.96. The molecule has 0 radical (unpaired) electrons. The molecular formula is C20H33Cl2N5. The molecule has 0 bridgehead atoms. The van der Waals surface area contributed by atoms with E-state index in [2.05, 4.69) is 32.5 Å². The molecule has 2 N–H and O–H groups in total. The number of aryl methyl sites for hydroxylation is 1. The lowest BCUT2D eigenvalue weighted by molar-refractivity contribution is 0.274. The van der Waals surface area contributed by atoms with Gasteiger partial charge in [0.25, 0.3) is 0 Å². The normalized spacial score (nSPS) is 17.0. The van der Waals surface area contributed by atoms with Gasteiger partial charge in [0, 0.05) is 43.3 Å². The van der Waals surface area contributed by atoms with Crippen LogP contribution in [0.1, 0.15) is 24.8 Å². The summed E-state index contributed by atoms with van der Waals surface area (Å²) in [5.41, 5.74) is 1.13. The minimum atomic E-state index is 0.679. The average molecular weight is 414 g/mol. The Labute approximate surface area is 174 Å². The van der Waals surface area contributed by atoms with Gasteiger partial charge in [-0.1, -0.05) is 29.3 Å². The van der Waals surface area contributed by atoms with Crippen molar-refractivity contribution in [3.8, 4) is 0 Å². The summed E-state index contributed by atoms with van der Waals surface area (Å²) in [4.78, 5) is 9.29. The van der Waals surface area contributed by atoms with Crippen LogP contribution in [0.25, 0.3) is 0 Å². The molecule has 0 unspecified atom stereocenters. The summed E-state index contributed by atoms with van der Waals surface area (Å²) in [7, 11) is 4.03. The molecule has 2 rings (SSSR count). The molecule has 0 spiro atoms. The first-order chi connectivity index (χ1) is 13.1. The minimum absolute atomic E-state index is 0.679. The van der Waals surface area contributed by atoms with E-state index >= 15 is 0 Å². The van der Waals surface area contributed by atoms with Crippen LogP contribution in [0.3, 0.4) is 0 Å². The van der Waals surface area contributed by atoms with E-state index in [0.717, 1.165) is 55.4 Å². The maximum absolute atomic E-state index is 6.22. The maximum Gasteiger partial charge on any atom is 0.190 e. The molecule has 0 atom stereocenters. The highest BCUT2D eigenvalue weighted by Gasteiger charge is 2.11. The molecule has 1 aliphatic heterocycles. The van der Waals surface area contributed by atoms with E-state index in [1.807, 2.05) is 19.2 Å². The highest BCUT2D eigenvalue weighted by atomic mass is 35.5. The number of hydrogen-bond donors (Lipinski definition) is 2. The zero-order valence-corrected chi connectivity index (χ0v) is 18.1. The second kappa shape index (κ2) is 12.4. The summed E-state index contributed by atoms with van der Waals surface area (Å²) in [6.45, 7) is 7.72. The van der Waals surface area contributed by atoms with Crippen LogP contribution in [0.15, 0.2) is 23.2 Å². The molecule has 0 amide bonds. The van der Waals surface area contributed by atoms with Gasteiger partial charge in [-0.3, -0.25) is 4.99 Å². The zero-order valence-electron chi connectivity index (χ0n) is 16.6. The zero-order chi connectivity index (χ0) is 19.5. The first kappa shape index (κ1) is 22.3. The van der Waals surface area contributed by atoms with Crippen LogP contribution in [0, 0.1) is 0 Å². The van der Waals surface area contributed by atoms with E-state index in [-0.39, 0.29) is 0 Å². The molecule has 7 heteroatoms. The molecule has 1 fully saturated rings. The summed E-state index contributed by atoms with van der Waals surface area (Å²) >= 11 is 12.2. The van der Waals surface area contributed by atoms with E-state index in [1.165, 1.54) is 32.6 Å². The van der Waals surface area contributed by atoms with Crippen LogP contribution in [-0.2, 0) is 6.42 Å². The fourth-order valence-corrected chi connectivity index (χ4v) is 3.77. The first-order valence-electron chi connectivity index (χ1n) is 9.88. The molecule has 152 valence electrons. The Morgan fingerprint density at radius 2 is 1.85 bits per heavy atom. The van der Waals surface area contributed by atoms with Crippen LogP contribution in [0.4, 0.5) is 0 Å². The Morgan fingerprint density at radius 1 is 1.07 bits per heavy atom. The lowest BCUT2D eigenvalue weighted by atomic mass is 10.1. The van der Waals surface area contributed by atoms with Crippen LogP contribution < -0.4 is 10.6 Å².